The van der Waals surface area contributed by atoms with Crippen LogP contribution >= 0.6 is 11.6 Å². The van der Waals surface area contributed by atoms with Gasteiger partial charge in [0.25, 0.3) is 5.91 Å². The average Bonchev–Trinajstić information content (AvgIpc) is 2.25. The Hall–Kier alpha value is -1.89. The van der Waals surface area contributed by atoms with E-state index in [2.05, 4.69) is 20.6 Å². The Morgan fingerprint density at radius 3 is 2.50 bits per heavy atom. The van der Waals surface area contributed by atoms with Gasteiger partial charge in [-0.25, -0.2) is 14.8 Å². The minimum Gasteiger partial charge on any atom is -0.465 e. The van der Waals surface area contributed by atoms with Crippen molar-refractivity contribution in [3.05, 3.63) is 23.2 Å². The molecule has 0 aromatic carbocycles. The number of rotatable bonds is 4. The molecule has 0 fully saturated rings. The first-order valence-electron chi connectivity index (χ1n) is 4.32. The zero-order valence-corrected chi connectivity index (χ0v) is 8.86. The molecule has 7 nitrogen and oxygen atoms in total. The lowest BCUT2D eigenvalue weighted by Crippen LogP contribution is -2.34. The Morgan fingerprint density at radius 2 is 1.94 bits per heavy atom. The van der Waals surface area contributed by atoms with E-state index in [1.165, 1.54) is 12.4 Å². The highest BCUT2D eigenvalue weighted by atomic mass is 35.5. The molecule has 0 spiro atoms. The standard InChI is InChI=1S/C8H9ClN4O3/c9-6-4-12-5(3-13-6)7(14)10-1-2-11-8(15)16/h3-4,11H,1-2H2,(H,10,14)(H,15,16). The summed E-state index contributed by atoms with van der Waals surface area (Å²) in [5, 5.41) is 13.0. The Bertz CT molecular complexity index is 381. The molecule has 0 aliphatic rings. The summed E-state index contributed by atoms with van der Waals surface area (Å²) >= 11 is 5.50. The summed E-state index contributed by atoms with van der Waals surface area (Å²) in [6.07, 6.45) is 1.36. The monoisotopic (exact) mass is 244 g/mol. The van der Waals surface area contributed by atoms with Gasteiger partial charge in [-0.05, 0) is 0 Å². The molecule has 1 aromatic heterocycles. The highest BCUT2D eigenvalue weighted by molar-refractivity contribution is 6.29. The predicted molar refractivity (Wildman–Crippen MR) is 55.4 cm³/mol. The Kier molecular flexibility index (Phi) is 4.46. The van der Waals surface area contributed by atoms with Crippen molar-refractivity contribution < 1.29 is 14.7 Å². The van der Waals surface area contributed by atoms with Crippen LogP contribution in [0.4, 0.5) is 4.79 Å². The van der Waals surface area contributed by atoms with Gasteiger partial charge < -0.3 is 15.7 Å². The molecule has 0 saturated carbocycles. The first-order valence-corrected chi connectivity index (χ1v) is 4.70. The lowest BCUT2D eigenvalue weighted by molar-refractivity contribution is 0.0948. The van der Waals surface area contributed by atoms with E-state index in [0.717, 1.165) is 0 Å². The Balaban J connectivity index is 2.35. The second kappa shape index (κ2) is 5.86. The van der Waals surface area contributed by atoms with E-state index in [1.807, 2.05) is 0 Å². The molecule has 0 atom stereocenters. The van der Waals surface area contributed by atoms with Crippen LogP contribution in [0.15, 0.2) is 12.4 Å². The van der Waals surface area contributed by atoms with E-state index < -0.39 is 12.0 Å². The number of nitrogens with one attached hydrogen (secondary N) is 2. The summed E-state index contributed by atoms with van der Waals surface area (Å²) in [6.45, 7) is 0.303. The molecule has 16 heavy (non-hydrogen) atoms. The number of halogens is 1. The predicted octanol–water partition coefficient (Wildman–Crippen LogP) is 0.127. The minimum absolute atomic E-state index is 0.125. The molecule has 0 saturated heterocycles. The van der Waals surface area contributed by atoms with Gasteiger partial charge in [-0.1, -0.05) is 11.6 Å². The molecule has 0 aliphatic heterocycles. The van der Waals surface area contributed by atoms with Gasteiger partial charge in [-0.3, -0.25) is 4.79 Å². The van der Waals surface area contributed by atoms with E-state index >= 15 is 0 Å². The lowest BCUT2D eigenvalue weighted by Gasteiger charge is -2.03. The van der Waals surface area contributed by atoms with E-state index in [9.17, 15) is 9.59 Å². The van der Waals surface area contributed by atoms with Gasteiger partial charge >= 0.3 is 6.09 Å². The van der Waals surface area contributed by atoms with Gasteiger partial charge in [0.15, 0.2) is 0 Å². The number of hydrogen-bond donors (Lipinski definition) is 3. The Morgan fingerprint density at radius 1 is 1.25 bits per heavy atom. The van der Waals surface area contributed by atoms with Crippen molar-refractivity contribution in [2.75, 3.05) is 13.1 Å². The molecule has 1 aromatic rings. The van der Waals surface area contributed by atoms with Crippen molar-refractivity contribution >= 4 is 23.6 Å². The van der Waals surface area contributed by atoms with Crippen LogP contribution < -0.4 is 10.6 Å². The van der Waals surface area contributed by atoms with Crippen LogP contribution in [0.25, 0.3) is 0 Å². The molecule has 0 bridgehead atoms. The minimum atomic E-state index is -1.14. The summed E-state index contributed by atoms with van der Waals surface area (Å²) in [4.78, 5) is 28.9. The maximum Gasteiger partial charge on any atom is 0.404 e. The second-order valence-corrected chi connectivity index (χ2v) is 3.10. The largest absolute Gasteiger partial charge is 0.465 e. The van der Waals surface area contributed by atoms with Crippen LogP contribution in [0.5, 0.6) is 0 Å². The van der Waals surface area contributed by atoms with Crippen molar-refractivity contribution in [1.29, 1.82) is 0 Å². The zero-order chi connectivity index (χ0) is 12.0. The van der Waals surface area contributed by atoms with Crippen molar-refractivity contribution in [1.82, 2.24) is 20.6 Å². The van der Waals surface area contributed by atoms with Crippen molar-refractivity contribution in [2.45, 2.75) is 0 Å². The lowest BCUT2D eigenvalue weighted by atomic mass is 10.4. The second-order valence-electron chi connectivity index (χ2n) is 2.71. The number of carbonyl (C=O) groups excluding carboxylic acids is 1. The van der Waals surface area contributed by atoms with Gasteiger partial charge in [0, 0.05) is 13.1 Å². The summed E-state index contributed by atoms with van der Waals surface area (Å²) in [5.74, 6) is -0.434. The van der Waals surface area contributed by atoms with E-state index in [-0.39, 0.29) is 23.9 Å². The number of carboxylic acid groups (broad SMARTS) is 1. The molecular weight excluding hydrogens is 236 g/mol. The molecule has 3 N–H and O–H groups in total. The summed E-state index contributed by atoms with van der Waals surface area (Å²) in [6, 6.07) is 0. The summed E-state index contributed by atoms with van der Waals surface area (Å²) < 4.78 is 0. The van der Waals surface area contributed by atoms with Crippen LogP contribution in [-0.2, 0) is 0 Å². The molecule has 0 radical (unpaired) electrons. The molecule has 86 valence electrons. The number of nitrogens with zero attached hydrogens (tertiary/aromatic N) is 2. The quantitative estimate of drug-likeness (QED) is 0.653. The first-order chi connectivity index (χ1) is 7.59. The fraction of sp³-hybridized carbons (Fsp3) is 0.250. The van der Waals surface area contributed by atoms with Gasteiger partial charge in [0.2, 0.25) is 0 Å². The highest BCUT2D eigenvalue weighted by Gasteiger charge is 2.06. The molecule has 2 amide bonds. The number of hydrogen-bond acceptors (Lipinski definition) is 4. The molecule has 0 aliphatic carbocycles. The average molecular weight is 245 g/mol. The van der Waals surface area contributed by atoms with Crippen molar-refractivity contribution in [2.24, 2.45) is 0 Å². The molecular formula is C8H9ClN4O3. The molecule has 1 rings (SSSR count). The van der Waals surface area contributed by atoms with Gasteiger partial charge in [-0.15, -0.1) is 0 Å². The topological polar surface area (TPSA) is 104 Å². The number of amides is 2. The Labute approximate surface area is 95.9 Å². The molecule has 0 unspecified atom stereocenters. The van der Waals surface area contributed by atoms with Crippen LogP contribution in [0.3, 0.4) is 0 Å². The van der Waals surface area contributed by atoms with Gasteiger partial charge in [0.1, 0.15) is 10.8 Å². The van der Waals surface area contributed by atoms with E-state index in [0.29, 0.717) is 0 Å². The normalized spacial score (nSPS) is 9.56. The first kappa shape index (κ1) is 12.2. The fourth-order valence-corrected chi connectivity index (χ4v) is 0.963. The SMILES string of the molecule is O=C(O)NCCNC(=O)c1cnc(Cl)cn1. The number of aromatic nitrogens is 2. The van der Waals surface area contributed by atoms with Crippen LogP contribution in [0, 0.1) is 0 Å². The highest BCUT2D eigenvalue weighted by Crippen LogP contribution is 2.00. The molecule has 8 heteroatoms. The molecule has 1 heterocycles. The third-order valence-corrected chi connectivity index (χ3v) is 1.73. The van der Waals surface area contributed by atoms with Crippen LogP contribution in [0.2, 0.25) is 5.15 Å². The van der Waals surface area contributed by atoms with E-state index in [4.69, 9.17) is 16.7 Å². The van der Waals surface area contributed by atoms with E-state index in [1.54, 1.807) is 0 Å². The van der Waals surface area contributed by atoms with Crippen LogP contribution in [0.1, 0.15) is 10.5 Å². The maximum absolute atomic E-state index is 11.4. The maximum atomic E-state index is 11.4. The van der Waals surface area contributed by atoms with Gasteiger partial charge in [-0.2, -0.15) is 0 Å². The number of carbonyl (C=O) groups is 2. The zero-order valence-electron chi connectivity index (χ0n) is 8.11. The smallest absolute Gasteiger partial charge is 0.404 e. The van der Waals surface area contributed by atoms with Crippen molar-refractivity contribution in [3.63, 3.8) is 0 Å². The third kappa shape index (κ3) is 4.09. The summed E-state index contributed by atoms with van der Waals surface area (Å²) in [7, 11) is 0. The van der Waals surface area contributed by atoms with Crippen molar-refractivity contribution in [3.8, 4) is 0 Å². The fourth-order valence-electron chi connectivity index (χ4n) is 0.866. The van der Waals surface area contributed by atoms with Gasteiger partial charge in [0.05, 0.1) is 12.4 Å². The van der Waals surface area contributed by atoms with Crippen LogP contribution in [-0.4, -0.2) is 40.2 Å². The summed E-state index contributed by atoms with van der Waals surface area (Å²) in [5.41, 5.74) is 0.125. The third-order valence-electron chi connectivity index (χ3n) is 1.54.